The van der Waals surface area contributed by atoms with Crippen molar-refractivity contribution in [2.75, 3.05) is 0 Å². The molecule has 0 aliphatic heterocycles. The molecule has 0 radical (unpaired) electrons. The van der Waals surface area contributed by atoms with Crippen LogP contribution in [0.2, 0.25) is 0 Å². The fourth-order valence-corrected chi connectivity index (χ4v) is 1.87. The largest absolute Gasteiger partial charge is 0.445 e. The molecule has 1 aromatic heterocycles. The van der Waals surface area contributed by atoms with Crippen LogP contribution < -0.4 is 5.32 Å². The molecule has 1 aromatic carbocycles. The van der Waals surface area contributed by atoms with Crippen LogP contribution in [0.25, 0.3) is 0 Å². The Balaban J connectivity index is 1.91. The molecule has 90 valence electrons. The molecule has 0 unspecified atom stereocenters. The fourth-order valence-electron chi connectivity index (χ4n) is 1.47. The lowest BCUT2D eigenvalue weighted by atomic mass is 10.2. The van der Waals surface area contributed by atoms with Gasteiger partial charge in [0.25, 0.3) is 0 Å². The van der Waals surface area contributed by atoms with Gasteiger partial charge >= 0.3 is 0 Å². The molecule has 0 saturated carbocycles. The van der Waals surface area contributed by atoms with Crippen molar-refractivity contribution in [3.8, 4) is 0 Å². The number of rotatable bonds is 4. The topological polar surface area (TPSA) is 38.1 Å². The summed E-state index contributed by atoms with van der Waals surface area (Å²) in [5, 5.41) is 3.08. The zero-order valence-electron chi connectivity index (χ0n) is 9.34. The number of nitrogens with zero attached hydrogens (tertiary/aromatic N) is 1. The molecule has 0 saturated heterocycles. The molecule has 1 N–H and O–H groups in total. The third-order valence-electron chi connectivity index (χ3n) is 2.27. The van der Waals surface area contributed by atoms with E-state index < -0.39 is 0 Å². The number of hydrogen-bond donors (Lipinski definition) is 1. The maximum atomic E-state index is 13.4. The molecule has 0 amide bonds. The van der Waals surface area contributed by atoms with Crippen LogP contribution in [0.15, 0.2) is 33.3 Å². The summed E-state index contributed by atoms with van der Waals surface area (Å²) in [4.78, 5) is 4.05. The molecule has 5 heteroatoms. The highest BCUT2D eigenvalue weighted by molar-refractivity contribution is 9.10. The molecule has 0 atom stereocenters. The van der Waals surface area contributed by atoms with Gasteiger partial charge in [0.2, 0.25) is 5.89 Å². The van der Waals surface area contributed by atoms with Crippen LogP contribution in [-0.4, -0.2) is 4.98 Å². The summed E-state index contributed by atoms with van der Waals surface area (Å²) in [6.07, 6.45) is 1.66. The predicted octanol–water partition coefficient (Wildman–Crippen LogP) is 3.17. The number of nitrogens with one attached hydrogen (secondary N) is 1. The second-order valence-electron chi connectivity index (χ2n) is 3.70. The van der Waals surface area contributed by atoms with Crippen molar-refractivity contribution in [2.24, 2.45) is 0 Å². The van der Waals surface area contributed by atoms with E-state index in [2.05, 4.69) is 26.2 Å². The van der Waals surface area contributed by atoms with Crippen LogP contribution in [-0.2, 0) is 13.1 Å². The minimum absolute atomic E-state index is 0.218. The lowest BCUT2D eigenvalue weighted by molar-refractivity contribution is 0.447. The molecule has 0 aliphatic rings. The van der Waals surface area contributed by atoms with Gasteiger partial charge in [-0.2, -0.15) is 0 Å². The quantitative estimate of drug-likeness (QED) is 0.942. The molecular formula is C12H12BrFN2O. The standard InChI is InChI=1S/C12H12BrFN2O/c1-8-5-16-12(17-8)7-15-6-9-4-10(13)2-3-11(9)14/h2-5,15H,6-7H2,1H3. The van der Waals surface area contributed by atoms with Crippen LogP contribution in [0, 0.1) is 12.7 Å². The highest BCUT2D eigenvalue weighted by Gasteiger charge is 2.04. The summed E-state index contributed by atoms with van der Waals surface area (Å²) < 4.78 is 19.6. The molecule has 0 bridgehead atoms. The van der Waals surface area contributed by atoms with Crippen LogP contribution in [0.3, 0.4) is 0 Å². The second-order valence-corrected chi connectivity index (χ2v) is 4.62. The molecule has 2 aromatic rings. The van der Waals surface area contributed by atoms with Gasteiger partial charge in [0.15, 0.2) is 0 Å². The lowest BCUT2D eigenvalue weighted by Gasteiger charge is -2.04. The first-order valence-corrected chi connectivity index (χ1v) is 6.00. The number of aryl methyl sites for hydroxylation is 1. The van der Waals surface area contributed by atoms with E-state index in [1.165, 1.54) is 6.07 Å². The van der Waals surface area contributed by atoms with Crippen molar-refractivity contribution in [1.82, 2.24) is 10.3 Å². The monoisotopic (exact) mass is 298 g/mol. The van der Waals surface area contributed by atoms with Crippen LogP contribution in [0.5, 0.6) is 0 Å². The maximum absolute atomic E-state index is 13.4. The van der Waals surface area contributed by atoms with Gasteiger partial charge in [-0.05, 0) is 25.1 Å². The summed E-state index contributed by atoms with van der Waals surface area (Å²) >= 11 is 3.31. The van der Waals surface area contributed by atoms with Gasteiger partial charge in [-0.3, -0.25) is 0 Å². The Morgan fingerprint density at radius 3 is 2.94 bits per heavy atom. The average Bonchev–Trinajstić information content (AvgIpc) is 2.69. The van der Waals surface area contributed by atoms with Gasteiger partial charge in [-0.1, -0.05) is 15.9 Å². The van der Waals surface area contributed by atoms with Gasteiger partial charge < -0.3 is 9.73 Å². The minimum Gasteiger partial charge on any atom is -0.445 e. The molecular weight excluding hydrogens is 287 g/mol. The van der Waals surface area contributed by atoms with E-state index >= 15 is 0 Å². The maximum Gasteiger partial charge on any atom is 0.208 e. The van der Waals surface area contributed by atoms with E-state index in [9.17, 15) is 4.39 Å². The molecule has 1 heterocycles. The summed E-state index contributed by atoms with van der Waals surface area (Å²) in [6, 6.07) is 4.87. The zero-order valence-corrected chi connectivity index (χ0v) is 10.9. The molecule has 17 heavy (non-hydrogen) atoms. The molecule has 0 spiro atoms. The summed E-state index contributed by atoms with van der Waals surface area (Å²) in [5.74, 6) is 1.16. The summed E-state index contributed by atoms with van der Waals surface area (Å²) in [6.45, 7) is 2.76. The Bertz CT molecular complexity index is 513. The summed E-state index contributed by atoms with van der Waals surface area (Å²) in [5.41, 5.74) is 0.614. The van der Waals surface area contributed by atoms with Crippen LogP contribution >= 0.6 is 15.9 Å². The van der Waals surface area contributed by atoms with E-state index in [4.69, 9.17) is 4.42 Å². The van der Waals surface area contributed by atoms with Crippen molar-refractivity contribution in [3.63, 3.8) is 0 Å². The van der Waals surface area contributed by atoms with E-state index in [0.29, 0.717) is 24.5 Å². The number of oxazole rings is 1. The Morgan fingerprint density at radius 1 is 1.41 bits per heavy atom. The Morgan fingerprint density at radius 2 is 2.24 bits per heavy atom. The van der Waals surface area contributed by atoms with Gasteiger partial charge in [0.1, 0.15) is 11.6 Å². The number of aromatic nitrogens is 1. The average molecular weight is 299 g/mol. The smallest absolute Gasteiger partial charge is 0.208 e. The second kappa shape index (κ2) is 5.42. The lowest BCUT2D eigenvalue weighted by Crippen LogP contribution is -2.13. The molecule has 0 aliphatic carbocycles. The van der Waals surface area contributed by atoms with Crippen LogP contribution in [0.4, 0.5) is 4.39 Å². The van der Waals surface area contributed by atoms with Crippen LogP contribution in [0.1, 0.15) is 17.2 Å². The molecule has 0 fully saturated rings. The SMILES string of the molecule is Cc1cnc(CNCc2cc(Br)ccc2F)o1. The minimum atomic E-state index is -0.218. The van der Waals surface area contributed by atoms with E-state index in [0.717, 1.165) is 10.2 Å². The van der Waals surface area contributed by atoms with Crippen molar-refractivity contribution < 1.29 is 8.81 Å². The number of halogens is 2. The number of benzene rings is 1. The van der Waals surface area contributed by atoms with E-state index in [1.807, 2.05) is 6.92 Å². The Kier molecular flexibility index (Phi) is 3.91. The Labute approximate surface area is 107 Å². The van der Waals surface area contributed by atoms with Gasteiger partial charge in [0, 0.05) is 16.6 Å². The third kappa shape index (κ3) is 3.38. The predicted molar refractivity (Wildman–Crippen MR) is 65.9 cm³/mol. The first-order valence-electron chi connectivity index (χ1n) is 5.21. The molecule has 3 nitrogen and oxygen atoms in total. The van der Waals surface area contributed by atoms with Gasteiger partial charge in [-0.15, -0.1) is 0 Å². The van der Waals surface area contributed by atoms with Gasteiger partial charge in [-0.25, -0.2) is 9.37 Å². The Hall–Kier alpha value is -1.20. The van der Waals surface area contributed by atoms with Crippen molar-refractivity contribution >= 4 is 15.9 Å². The summed E-state index contributed by atoms with van der Waals surface area (Å²) in [7, 11) is 0. The van der Waals surface area contributed by atoms with Crippen molar-refractivity contribution in [2.45, 2.75) is 20.0 Å². The highest BCUT2D eigenvalue weighted by Crippen LogP contribution is 2.15. The first kappa shape index (κ1) is 12.3. The van der Waals surface area contributed by atoms with Crippen molar-refractivity contribution in [1.29, 1.82) is 0 Å². The normalized spacial score (nSPS) is 10.8. The molecule has 2 rings (SSSR count). The third-order valence-corrected chi connectivity index (χ3v) is 2.76. The zero-order chi connectivity index (χ0) is 12.3. The highest BCUT2D eigenvalue weighted by atomic mass is 79.9. The first-order chi connectivity index (χ1) is 8.15. The van der Waals surface area contributed by atoms with E-state index in [-0.39, 0.29) is 5.82 Å². The van der Waals surface area contributed by atoms with Gasteiger partial charge in [0.05, 0.1) is 12.7 Å². The van der Waals surface area contributed by atoms with E-state index in [1.54, 1.807) is 18.3 Å². The number of hydrogen-bond acceptors (Lipinski definition) is 3. The fraction of sp³-hybridized carbons (Fsp3) is 0.250. The van der Waals surface area contributed by atoms with Crippen molar-refractivity contribution in [3.05, 3.63) is 51.9 Å².